The first-order chi connectivity index (χ1) is 9.85. The molecule has 8 heteroatoms. The molecule has 0 unspecified atom stereocenters. The summed E-state index contributed by atoms with van der Waals surface area (Å²) in [4.78, 5) is 10.8. The van der Waals surface area contributed by atoms with Gasteiger partial charge in [0, 0.05) is 5.38 Å². The number of aryl methyl sites for hydroxylation is 1. The predicted molar refractivity (Wildman–Crippen MR) is 78.0 cm³/mol. The molecule has 1 heterocycles. The Morgan fingerprint density at radius 1 is 1.43 bits per heavy atom. The maximum absolute atomic E-state index is 12.2. The number of anilines is 1. The molecule has 1 aromatic carbocycles. The highest BCUT2D eigenvalue weighted by Crippen LogP contribution is 2.25. The number of hydrogen-bond acceptors (Lipinski definition) is 5. The molecule has 21 heavy (non-hydrogen) atoms. The number of carboxylic acid groups (broad SMARTS) is 1. The lowest BCUT2D eigenvalue weighted by Crippen LogP contribution is -2.13. The first kappa shape index (κ1) is 15.0. The summed E-state index contributed by atoms with van der Waals surface area (Å²) in [5, 5.41) is 19.2. The quantitative estimate of drug-likeness (QED) is 0.899. The Morgan fingerprint density at radius 2 is 2.14 bits per heavy atom. The second-order valence-corrected chi connectivity index (χ2v) is 6.99. The van der Waals surface area contributed by atoms with Crippen molar-refractivity contribution in [3.8, 4) is 6.07 Å². The number of benzene rings is 1. The van der Waals surface area contributed by atoms with E-state index in [9.17, 15) is 13.2 Å². The average molecular weight is 322 g/mol. The molecule has 2 rings (SSSR count). The van der Waals surface area contributed by atoms with E-state index in [4.69, 9.17) is 10.4 Å². The van der Waals surface area contributed by atoms with Crippen LogP contribution in [-0.2, 0) is 10.0 Å². The summed E-state index contributed by atoms with van der Waals surface area (Å²) in [6.07, 6.45) is 0. The second kappa shape index (κ2) is 5.55. The summed E-state index contributed by atoms with van der Waals surface area (Å²) in [6, 6.07) is 7.83. The third-order valence-corrected chi connectivity index (χ3v) is 5.52. The normalized spacial score (nSPS) is 10.9. The van der Waals surface area contributed by atoms with E-state index in [2.05, 4.69) is 4.72 Å². The molecule has 108 valence electrons. The van der Waals surface area contributed by atoms with E-state index < -0.39 is 16.0 Å². The zero-order valence-corrected chi connectivity index (χ0v) is 12.5. The highest BCUT2D eigenvalue weighted by molar-refractivity contribution is 7.94. The molecule has 0 aliphatic carbocycles. The summed E-state index contributed by atoms with van der Waals surface area (Å²) in [7, 11) is -3.92. The van der Waals surface area contributed by atoms with Gasteiger partial charge in [0.25, 0.3) is 10.0 Å². The van der Waals surface area contributed by atoms with Crippen molar-refractivity contribution in [2.24, 2.45) is 0 Å². The van der Waals surface area contributed by atoms with Crippen molar-refractivity contribution in [2.75, 3.05) is 4.72 Å². The van der Waals surface area contributed by atoms with Crippen molar-refractivity contribution < 1.29 is 18.3 Å². The third-order valence-electron chi connectivity index (χ3n) is 2.72. The van der Waals surface area contributed by atoms with Gasteiger partial charge in [-0.05, 0) is 24.6 Å². The van der Waals surface area contributed by atoms with E-state index in [1.807, 2.05) is 6.07 Å². The van der Waals surface area contributed by atoms with Gasteiger partial charge in [0.05, 0.1) is 16.8 Å². The van der Waals surface area contributed by atoms with Crippen LogP contribution in [0.5, 0.6) is 0 Å². The SMILES string of the molecule is Cc1cccc(NS(=O)(=O)c2cc(C(=O)O)cs2)c1C#N. The standard InChI is InChI=1S/C13H10N2O4S2/c1-8-3-2-4-11(10(8)6-14)15-21(18,19)12-5-9(7-20-12)13(16)17/h2-5,7,15H,1H3,(H,16,17). The zero-order chi connectivity index (χ0) is 15.6. The second-order valence-electron chi connectivity index (χ2n) is 4.17. The van der Waals surface area contributed by atoms with Crippen LogP contribution in [0.2, 0.25) is 0 Å². The van der Waals surface area contributed by atoms with Crippen molar-refractivity contribution in [1.29, 1.82) is 5.26 Å². The minimum atomic E-state index is -3.92. The van der Waals surface area contributed by atoms with Crippen LogP contribution in [0.3, 0.4) is 0 Å². The lowest BCUT2D eigenvalue weighted by Gasteiger charge is -2.09. The van der Waals surface area contributed by atoms with E-state index in [0.29, 0.717) is 5.56 Å². The molecule has 0 saturated carbocycles. The summed E-state index contributed by atoms with van der Waals surface area (Å²) in [5.74, 6) is -1.19. The van der Waals surface area contributed by atoms with Gasteiger partial charge < -0.3 is 5.11 Å². The molecule has 0 spiro atoms. The number of nitrogens with one attached hydrogen (secondary N) is 1. The first-order valence-corrected chi connectivity index (χ1v) is 8.06. The number of thiophene rings is 1. The Kier molecular flexibility index (Phi) is 3.97. The lowest BCUT2D eigenvalue weighted by atomic mass is 10.1. The highest BCUT2D eigenvalue weighted by atomic mass is 32.2. The highest BCUT2D eigenvalue weighted by Gasteiger charge is 2.20. The van der Waals surface area contributed by atoms with Crippen LogP contribution >= 0.6 is 11.3 Å². The summed E-state index contributed by atoms with van der Waals surface area (Å²) < 4.78 is 26.6. The molecule has 2 aromatic rings. The fourth-order valence-corrected chi connectivity index (χ4v) is 3.89. The predicted octanol–water partition coefficient (Wildman–Crippen LogP) is 2.43. The van der Waals surface area contributed by atoms with Gasteiger partial charge >= 0.3 is 5.97 Å². The van der Waals surface area contributed by atoms with Crippen LogP contribution in [0.25, 0.3) is 0 Å². The Bertz CT molecular complexity index is 847. The van der Waals surface area contributed by atoms with Crippen molar-refractivity contribution in [1.82, 2.24) is 0 Å². The van der Waals surface area contributed by atoms with E-state index >= 15 is 0 Å². The van der Waals surface area contributed by atoms with Gasteiger partial charge in [-0.25, -0.2) is 13.2 Å². The molecule has 0 bridgehead atoms. The molecule has 2 N–H and O–H groups in total. The van der Waals surface area contributed by atoms with Crippen LogP contribution in [0.15, 0.2) is 33.9 Å². The Hall–Kier alpha value is -2.37. The fourth-order valence-electron chi connectivity index (χ4n) is 1.67. The number of hydrogen-bond donors (Lipinski definition) is 2. The van der Waals surface area contributed by atoms with Crippen molar-refractivity contribution in [2.45, 2.75) is 11.1 Å². The number of carboxylic acids is 1. The number of rotatable bonds is 4. The zero-order valence-electron chi connectivity index (χ0n) is 10.8. The maximum Gasteiger partial charge on any atom is 0.336 e. The number of aromatic carboxylic acids is 1. The summed E-state index contributed by atoms with van der Waals surface area (Å²) >= 11 is 0.808. The molecule has 0 atom stereocenters. The topological polar surface area (TPSA) is 107 Å². The first-order valence-electron chi connectivity index (χ1n) is 5.69. The van der Waals surface area contributed by atoms with Gasteiger partial charge in [0.1, 0.15) is 10.3 Å². The average Bonchev–Trinajstić information content (AvgIpc) is 2.89. The molecule has 0 radical (unpaired) electrons. The van der Waals surface area contributed by atoms with Crippen LogP contribution < -0.4 is 4.72 Å². The van der Waals surface area contributed by atoms with Crippen LogP contribution in [0.4, 0.5) is 5.69 Å². The largest absolute Gasteiger partial charge is 0.478 e. The monoisotopic (exact) mass is 322 g/mol. The molecule has 6 nitrogen and oxygen atoms in total. The molecular weight excluding hydrogens is 312 g/mol. The van der Waals surface area contributed by atoms with E-state index in [1.165, 1.54) is 11.4 Å². The molecule has 1 aromatic heterocycles. The van der Waals surface area contributed by atoms with Crippen molar-refractivity contribution in [3.05, 3.63) is 46.3 Å². The molecule has 0 amide bonds. The fraction of sp³-hybridized carbons (Fsp3) is 0.0769. The molecule has 0 saturated heterocycles. The van der Waals surface area contributed by atoms with Gasteiger partial charge in [-0.15, -0.1) is 11.3 Å². The number of nitriles is 1. The Labute approximate surface area is 125 Å². The third kappa shape index (κ3) is 3.04. The van der Waals surface area contributed by atoms with E-state index in [-0.39, 0.29) is 21.0 Å². The Morgan fingerprint density at radius 3 is 2.71 bits per heavy atom. The molecule has 0 fully saturated rings. The smallest absolute Gasteiger partial charge is 0.336 e. The van der Waals surface area contributed by atoms with Gasteiger partial charge in [-0.1, -0.05) is 12.1 Å². The number of nitrogens with zero attached hydrogens (tertiary/aromatic N) is 1. The minimum absolute atomic E-state index is 0.0925. The molecule has 0 aliphatic heterocycles. The van der Waals surface area contributed by atoms with E-state index in [1.54, 1.807) is 19.1 Å². The molecular formula is C13H10N2O4S2. The number of sulfonamides is 1. The summed E-state index contributed by atoms with van der Waals surface area (Å²) in [5.41, 5.74) is 0.957. The summed E-state index contributed by atoms with van der Waals surface area (Å²) in [6.45, 7) is 1.70. The lowest BCUT2D eigenvalue weighted by molar-refractivity contribution is 0.0697. The van der Waals surface area contributed by atoms with Crippen molar-refractivity contribution >= 4 is 33.0 Å². The van der Waals surface area contributed by atoms with Crippen molar-refractivity contribution in [3.63, 3.8) is 0 Å². The van der Waals surface area contributed by atoms with Gasteiger partial charge in [-0.3, -0.25) is 4.72 Å². The van der Waals surface area contributed by atoms with Gasteiger partial charge in [-0.2, -0.15) is 5.26 Å². The van der Waals surface area contributed by atoms with Gasteiger partial charge in [0.15, 0.2) is 0 Å². The van der Waals surface area contributed by atoms with Crippen LogP contribution in [-0.4, -0.2) is 19.5 Å². The van der Waals surface area contributed by atoms with Gasteiger partial charge in [0.2, 0.25) is 0 Å². The number of carbonyl (C=O) groups is 1. The van der Waals surface area contributed by atoms with E-state index in [0.717, 1.165) is 17.4 Å². The minimum Gasteiger partial charge on any atom is -0.478 e. The Balaban J connectivity index is 2.40. The van der Waals surface area contributed by atoms with Crippen LogP contribution in [0, 0.1) is 18.3 Å². The molecule has 0 aliphatic rings. The maximum atomic E-state index is 12.2. The van der Waals surface area contributed by atoms with Crippen LogP contribution in [0.1, 0.15) is 21.5 Å².